The molecule has 0 bridgehead atoms. The number of carboxylic acids is 1. The van der Waals surface area contributed by atoms with Crippen molar-refractivity contribution in [1.29, 1.82) is 0 Å². The van der Waals surface area contributed by atoms with Crippen molar-refractivity contribution in [2.45, 2.75) is 78.0 Å². The Bertz CT molecular complexity index is 1150. The van der Waals surface area contributed by atoms with Gasteiger partial charge in [0.05, 0.1) is 0 Å². The number of ether oxygens (including phenoxy) is 1. The first-order valence-electron chi connectivity index (χ1n) is 13.5. The zero-order valence-corrected chi connectivity index (χ0v) is 24.1. The van der Waals surface area contributed by atoms with Gasteiger partial charge in [0.1, 0.15) is 17.6 Å². The molecule has 40 heavy (non-hydrogen) atoms. The van der Waals surface area contributed by atoms with Crippen molar-refractivity contribution >= 4 is 24.0 Å². The number of alkyl carbamates (subject to hydrolysis) is 1. The van der Waals surface area contributed by atoms with Gasteiger partial charge in [-0.15, -0.1) is 0 Å². The Morgan fingerprint density at radius 1 is 0.925 bits per heavy atom. The van der Waals surface area contributed by atoms with Gasteiger partial charge in [-0.05, 0) is 68.7 Å². The van der Waals surface area contributed by atoms with E-state index in [0.717, 1.165) is 22.3 Å². The minimum absolute atomic E-state index is 0.0822. The number of aliphatic carboxylic acids is 1. The molecule has 10 nitrogen and oxygen atoms in total. The van der Waals surface area contributed by atoms with Gasteiger partial charge in [0.15, 0.2) is 0 Å². The van der Waals surface area contributed by atoms with E-state index in [-0.39, 0.29) is 17.9 Å². The monoisotopic (exact) mass is 554 g/mol. The minimum Gasteiger partial charge on any atom is -0.481 e. The second-order valence-corrected chi connectivity index (χ2v) is 11.2. The van der Waals surface area contributed by atoms with Crippen LogP contribution in [0.1, 0.15) is 71.4 Å². The molecule has 0 saturated heterocycles. The van der Waals surface area contributed by atoms with Gasteiger partial charge in [0.25, 0.3) is 0 Å². The number of hydrogen-bond acceptors (Lipinski definition) is 5. The average molecular weight is 555 g/mol. The van der Waals surface area contributed by atoms with Gasteiger partial charge in [0.2, 0.25) is 5.91 Å². The van der Waals surface area contributed by atoms with Crippen LogP contribution in [-0.4, -0.2) is 53.3 Å². The summed E-state index contributed by atoms with van der Waals surface area (Å²) >= 11 is 0. The molecular formula is C30H42N4O6. The van der Waals surface area contributed by atoms with Crippen molar-refractivity contribution < 1.29 is 29.0 Å². The largest absolute Gasteiger partial charge is 0.481 e. The van der Waals surface area contributed by atoms with Crippen LogP contribution in [-0.2, 0) is 14.3 Å². The van der Waals surface area contributed by atoms with Crippen molar-refractivity contribution in [2.75, 3.05) is 6.54 Å². The van der Waals surface area contributed by atoms with Crippen LogP contribution in [0.15, 0.2) is 48.5 Å². The van der Waals surface area contributed by atoms with Crippen LogP contribution >= 0.6 is 0 Å². The predicted octanol–water partition coefficient (Wildman–Crippen LogP) is 4.37. The summed E-state index contributed by atoms with van der Waals surface area (Å²) in [6.45, 7) is 11.3. The highest BCUT2D eigenvalue weighted by Gasteiger charge is 2.33. The van der Waals surface area contributed by atoms with E-state index in [9.17, 15) is 24.3 Å². The molecule has 0 heterocycles. The molecule has 3 rings (SSSR count). The van der Waals surface area contributed by atoms with Crippen LogP contribution in [0.25, 0.3) is 11.1 Å². The lowest BCUT2D eigenvalue weighted by Gasteiger charge is -2.26. The quantitative estimate of drug-likeness (QED) is 0.289. The third-order valence-electron chi connectivity index (χ3n) is 6.20. The van der Waals surface area contributed by atoms with Gasteiger partial charge < -0.3 is 31.5 Å². The highest BCUT2D eigenvalue weighted by Crippen LogP contribution is 2.44. The predicted molar refractivity (Wildman–Crippen MR) is 154 cm³/mol. The number of amides is 4. The number of carbonyl (C=O) groups is 4. The SMILES string of the molecule is CC(C)[C@H](NC(=O)OC(C)(C)C)C(=O)N[C@@H](C)CCCNC(N)=O.O=C(O)C1c2ccccc2-c2ccccc21. The Morgan fingerprint density at radius 3 is 1.90 bits per heavy atom. The van der Waals surface area contributed by atoms with Gasteiger partial charge in [-0.25, -0.2) is 9.59 Å². The van der Waals surface area contributed by atoms with Crippen LogP contribution in [0, 0.1) is 5.92 Å². The number of benzene rings is 2. The van der Waals surface area contributed by atoms with E-state index >= 15 is 0 Å². The number of primary amides is 1. The summed E-state index contributed by atoms with van der Waals surface area (Å²) in [4.78, 5) is 46.1. The van der Waals surface area contributed by atoms with Gasteiger partial charge in [-0.3, -0.25) is 9.59 Å². The average Bonchev–Trinajstić information content (AvgIpc) is 3.19. The molecule has 1 aliphatic rings. The summed E-state index contributed by atoms with van der Waals surface area (Å²) in [5.41, 5.74) is 8.25. The fraction of sp³-hybridized carbons (Fsp3) is 0.467. The lowest BCUT2D eigenvalue weighted by atomic mass is 9.97. The normalized spacial score (nSPS) is 13.6. The Labute approximate surface area is 236 Å². The van der Waals surface area contributed by atoms with Crippen LogP contribution in [0.2, 0.25) is 0 Å². The summed E-state index contributed by atoms with van der Waals surface area (Å²) < 4.78 is 5.19. The lowest BCUT2D eigenvalue weighted by Crippen LogP contribution is -2.52. The molecule has 0 aliphatic heterocycles. The Kier molecular flexibility index (Phi) is 11.5. The number of carboxylic acid groups (broad SMARTS) is 1. The Balaban J connectivity index is 0.000000299. The Hall–Kier alpha value is -4.08. The van der Waals surface area contributed by atoms with Crippen LogP contribution in [0.5, 0.6) is 0 Å². The number of nitrogens with two attached hydrogens (primary N) is 1. The number of urea groups is 1. The maximum Gasteiger partial charge on any atom is 0.408 e. The van der Waals surface area contributed by atoms with Gasteiger partial charge in [-0.1, -0.05) is 62.4 Å². The van der Waals surface area contributed by atoms with E-state index in [1.807, 2.05) is 69.3 Å². The van der Waals surface area contributed by atoms with Crippen molar-refractivity contribution in [1.82, 2.24) is 16.0 Å². The van der Waals surface area contributed by atoms with E-state index < -0.39 is 35.7 Å². The number of carbonyl (C=O) groups excluding carboxylic acids is 3. The highest BCUT2D eigenvalue weighted by atomic mass is 16.6. The van der Waals surface area contributed by atoms with Crippen LogP contribution in [0.4, 0.5) is 9.59 Å². The molecular weight excluding hydrogens is 512 g/mol. The second kappa shape index (κ2) is 14.3. The molecule has 10 heteroatoms. The topological polar surface area (TPSA) is 160 Å². The molecule has 0 radical (unpaired) electrons. The van der Waals surface area contributed by atoms with Crippen molar-refractivity contribution in [3.63, 3.8) is 0 Å². The van der Waals surface area contributed by atoms with E-state index in [2.05, 4.69) is 16.0 Å². The number of rotatable bonds is 9. The fourth-order valence-corrected chi connectivity index (χ4v) is 4.42. The van der Waals surface area contributed by atoms with E-state index in [4.69, 9.17) is 10.5 Å². The number of fused-ring (bicyclic) bond motifs is 3. The van der Waals surface area contributed by atoms with Crippen LogP contribution in [0.3, 0.4) is 0 Å². The molecule has 0 saturated carbocycles. The molecule has 4 amide bonds. The molecule has 2 atom stereocenters. The first kappa shape index (κ1) is 32.1. The first-order chi connectivity index (χ1) is 18.7. The molecule has 0 fully saturated rings. The summed E-state index contributed by atoms with van der Waals surface area (Å²) in [6.07, 6.45) is 0.758. The van der Waals surface area contributed by atoms with Crippen molar-refractivity contribution in [3.8, 4) is 11.1 Å². The van der Waals surface area contributed by atoms with E-state index in [0.29, 0.717) is 19.4 Å². The molecule has 218 valence electrons. The van der Waals surface area contributed by atoms with E-state index in [1.165, 1.54) is 0 Å². The van der Waals surface area contributed by atoms with Crippen LogP contribution < -0.4 is 21.7 Å². The molecule has 0 spiro atoms. The number of nitrogens with one attached hydrogen (secondary N) is 3. The minimum atomic E-state index is -0.780. The maximum absolute atomic E-state index is 12.4. The molecule has 6 N–H and O–H groups in total. The van der Waals surface area contributed by atoms with Gasteiger partial charge in [0, 0.05) is 12.6 Å². The zero-order valence-electron chi connectivity index (χ0n) is 24.1. The van der Waals surface area contributed by atoms with Gasteiger partial charge in [-0.2, -0.15) is 0 Å². The summed E-state index contributed by atoms with van der Waals surface area (Å²) in [5.74, 6) is -1.63. The maximum atomic E-state index is 12.4. The summed E-state index contributed by atoms with van der Waals surface area (Å²) in [5, 5.41) is 17.3. The highest BCUT2D eigenvalue weighted by molar-refractivity contribution is 5.92. The molecule has 1 aliphatic carbocycles. The zero-order chi connectivity index (χ0) is 30.0. The molecule has 2 aromatic rings. The van der Waals surface area contributed by atoms with Crippen molar-refractivity contribution in [2.24, 2.45) is 11.7 Å². The first-order valence-corrected chi connectivity index (χ1v) is 13.5. The summed E-state index contributed by atoms with van der Waals surface area (Å²) in [6, 6.07) is 14.1. The third kappa shape index (κ3) is 9.59. The third-order valence-corrected chi connectivity index (χ3v) is 6.20. The summed E-state index contributed by atoms with van der Waals surface area (Å²) in [7, 11) is 0. The van der Waals surface area contributed by atoms with E-state index in [1.54, 1.807) is 20.8 Å². The molecule has 0 unspecified atom stereocenters. The van der Waals surface area contributed by atoms with Gasteiger partial charge >= 0.3 is 18.1 Å². The number of hydrogen-bond donors (Lipinski definition) is 5. The molecule has 2 aromatic carbocycles. The smallest absolute Gasteiger partial charge is 0.408 e. The second-order valence-electron chi connectivity index (χ2n) is 11.2. The standard InChI is InChI=1S/C16H32N4O4.C14H10O2/c1-10(2)12(20-15(23)24-16(4,5)6)13(21)19-11(3)8-7-9-18-14(17)22;15-14(16)13-11-7-3-1-5-9(11)10-6-2-4-8-12(10)13/h10-12H,7-9H2,1-6H3,(H,19,21)(H,20,23)(H3,17,18,22);1-8,13H,(H,15,16)/t11-,12-;/m0./s1. The molecule has 0 aromatic heterocycles. The van der Waals surface area contributed by atoms with Crippen molar-refractivity contribution in [3.05, 3.63) is 59.7 Å². The Morgan fingerprint density at radius 2 is 1.45 bits per heavy atom. The fourth-order valence-electron chi connectivity index (χ4n) is 4.42. The lowest BCUT2D eigenvalue weighted by molar-refractivity contribution is -0.137.